The van der Waals surface area contributed by atoms with Crippen molar-refractivity contribution in [3.8, 4) is 17.0 Å². The Hall–Kier alpha value is -2.67. The molecule has 2 aromatic heterocycles. The summed E-state index contributed by atoms with van der Waals surface area (Å²) in [7, 11) is 0. The van der Waals surface area contributed by atoms with Gasteiger partial charge in [-0.2, -0.15) is 0 Å². The van der Waals surface area contributed by atoms with E-state index in [0.717, 1.165) is 25.3 Å². The largest absolute Gasteiger partial charge is 0.507 e. The molecular formula is C20H25N5O2. The number of hydrogen-bond donors (Lipinski definition) is 2. The molecule has 1 atom stereocenters. The van der Waals surface area contributed by atoms with Crippen LogP contribution >= 0.6 is 0 Å². The second kappa shape index (κ2) is 6.49. The zero-order chi connectivity index (χ0) is 19.2. The minimum atomic E-state index is 0.103. The number of benzene rings is 1. The zero-order valence-electron chi connectivity index (χ0n) is 16.2. The number of aryl methyl sites for hydroxylation is 1. The summed E-state index contributed by atoms with van der Waals surface area (Å²) in [6, 6.07) is 7.65. The number of aromatic nitrogens is 3. The lowest BCUT2D eigenvalue weighted by Gasteiger charge is -2.26. The van der Waals surface area contributed by atoms with Gasteiger partial charge in [-0.3, -0.25) is 0 Å². The zero-order valence-corrected chi connectivity index (χ0v) is 16.2. The number of anilines is 1. The lowest BCUT2D eigenvalue weighted by atomic mass is 10.1. The molecule has 2 N–H and O–H groups in total. The Morgan fingerprint density at radius 1 is 1.22 bits per heavy atom. The van der Waals surface area contributed by atoms with Gasteiger partial charge in [-0.15, -0.1) is 10.2 Å². The van der Waals surface area contributed by atoms with Gasteiger partial charge in [0, 0.05) is 43.2 Å². The molecule has 0 amide bonds. The monoisotopic (exact) mass is 367 g/mol. The minimum absolute atomic E-state index is 0.103. The second-order valence-corrected chi connectivity index (χ2v) is 8.17. The fourth-order valence-corrected chi connectivity index (χ4v) is 3.62. The second-order valence-electron chi connectivity index (χ2n) is 8.17. The van der Waals surface area contributed by atoms with Crippen LogP contribution in [0.3, 0.4) is 0 Å². The third kappa shape index (κ3) is 3.73. The quantitative estimate of drug-likeness (QED) is 0.734. The number of fused-ring (bicyclic) bond motifs is 1. The number of rotatable bonds is 3. The number of hydrogen-bond acceptors (Lipinski definition) is 7. The SMILES string of the molecule is Cc1nc2cc(O)c(-c3ccc(N4CC[C@H](NC(C)(C)C)C4)nn3)cc2o1. The standard InChI is InChI=1S/C20H25N5O2/c1-12-21-16-10-17(26)14(9-18(16)27-12)15-5-6-19(24-23-15)25-8-7-13(11-25)22-20(2,3)4/h5-6,9-10,13,22,26H,7-8,11H2,1-4H3/t13-/m0/s1. The van der Waals surface area contributed by atoms with Gasteiger partial charge >= 0.3 is 0 Å². The molecule has 4 rings (SSSR count). The summed E-state index contributed by atoms with van der Waals surface area (Å²) in [5.41, 5.74) is 2.56. The van der Waals surface area contributed by atoms with E-state index in [0.29, 0.717) is 34.3 Å². The fraction of sp³-hybridized carbons (Fsp3) is 0.450. The molecule has 1 aliphatic rings. The van der Waals surface area contributed by atoms with Crippen molar-refractivity contribution in [3.05, 3.63) is 30.2 Å². The van der Waals surface area contributed by atoms with Gasteiger partial charge in [0.2, 0.25) is 0 Å². The van der Waals surface area contributed by atoms with E-state index < -0.39 is 0 Å². The first kappa shape index (κ1) is 17.7. The first-order valence-corrected chi connectivity index (χ1v) is 9.25. The van der Waals surface area contributed by atoms with Crippen molar-refractivity contribution in [2.75, 3.05) is 18.0 Å². The molecule has 3 aromatic rings. The van der Waals surface area contributed by atoms with Crippen LogP contribution in [0.4, 0.5) is 5.82 Å². The van der Waals surface area contributed by atoms with Gasteiger partial charge in [-0.1, -0.05) is 0 Å². The van der Waals surface area contributed by atoms with E-state index in [9.17, 15) is 5.11 Å². The van der Waals surface area contributed by atoms with Gasteiger partial charge in [0.1, 0.15) is 11.3 Å². The van der Waals surface area contributed by atoms with Crippen molar-refractivity contribution >= 4 is 16.9 Å². The summed E-state index contributed by atoms with van der Waals surface area (Å²) in [6.07, 6.45) is 1.09. The lowest BCUT2D eigenvalue weighted by Crippen LogP contribution is -2.45. The van der Waals surface area contributed by atoms with Crippen molar-refractivity contribution in [2.24, 2.45) is 0 Å². The summed E-state index contributed by atoms with van der Waals surface area (Å²) in [4.78, 5) is 6.47. The third-order valence-corrected chi connectivity index (χ3v) is 4.69. The highest BCUT2D eigenvalue weighted by atomic mass is 16.3. The van der Waals surface area contributed by atoms with E-state index in [1.165, 1.54) is 0 Å². The van der Waals surface area contributed by atoms with E-state index in [-0.39, 0.29) is 11.3 Å². The number of nitrogens with zero attached hydrogens (tertiary/aromatic N) is 4. The molecule has 0 bridgehead atoms. The van der Waals surface area contributed by atoms with E-state index in [1.807, 2.05) is 12.1 Å². The van der Waals surface area contributed by atoms with E-state index in [2.05, 4.69) is 46.2 Å². The molecule has 7 heteroatoms. The molecule has 3 heterocycles. The van der Waals surface area contributed by atoms with Gasteiger partial charge in [-0.05, 0) is 45.4 Å². The first-order valence-electron chi connectivity index (χ1n) is 9.25. The Morgan fingerprint density at radius 3 is 2.74 bits per heavy atom. The molecule has 1 saturated heterocycles. The molecule has 1 fully saturated rings. The van der Waals surface area contributed by atoms with E-state index in [4.69, 9.17) is 4.42 Å². The van der Waals surface area contributed by atoms with Crippen LogP contribution in [0.2, 0.25) is 0 Å². The van der Waals surface area contributed by atoms with Gasteiger partial charge in [0.25, 0.3) is 0 Å². The molecule has 142 valence electrons. The average Bonchev–Trinajstić information content (AvgIpc) is 3.18. The number of oxazole rings is 1. The molecular weight excluding hydrogens is 342 g/mol. The number of phenolic OH excluding ortho intramolecular Hbond substituents is 1. The van der Waals surface area contributed by atoms with Crippen molar-refractivity contribution in [3.63, 3.8) is 0 Å². The Bertz CT molecular complexity index is 959. The van der Waals surface area contributed by atoms with Crippen molar-refractivity contribution < 1.29 is 9.52 Å². The number of nitrogens with one attached hydrogen (secondary N) is 1. The molecule has 0 aliphatic carbocycles. The van der Waals surface area contributed by atoms with E-state index >= 15 is 0 Å². The number of phenols is 1. The highest BCUT2D eigenvalue weighted by Gasteiger charge is 2.26. The first-order chi connectivity index (χ1) is 12.8. The third-order valence-electron chi connectivity index (χ3n) is 4.69. The Kier molecular flexibility index (Phi) is 4.26. The highest BCUT2D eigenvalue weighted by Crippen LogP contribution is 2.33. The van der Waals surface area contributed by atoms with Crippen molar-refractivity contribution in [2.45, 2.75) is 45.7 Å². The fourth-order valence-electron chi connectivity index (χ4n) is 3.62. The van der Waals surface area contributed by atoms with Crippen molar-refractivity contribution in [1.82, 2.24) is 20.5 Å². The molecule has 0 radical (unpaired) electrons. The molecule has 7 nitrogen and oxygen atoms in total. The van der Waals surface area contributed by atoms with Gasteiger partial charge in [0.05, 0.1) is 5.69 Å². The summed E-state index contributed by atoms with van der Waals surface area (Å²) in [5, 5.41) is 22.7. The number of aromatic hydroxyl groups is 1. The lowest BCUT2D eigenvalue weighted by molar-refractivity contribution is 0.373. The van der Waals surface area contributed by atoms with Crippen LogP contribution < -0.4 is 10.2 Å². The highest BCUT2D eigenvalue weighted by molar-refractivity contribution is 5.83. The van der Waals surface area contributed by atoms with Crippen molar-refractivity contribution in [1.29, 1.82) is 0 Å². The van der Waals surface area contributed by atoms with Crippen LogP contribution in [0.5, 0.6) is 5.75 Å². The normalized spacial score (nSPS) is 17.8. The maximum atomic E-state index is 10.3. The predicted octanol–water partition coefficient (Wildman–Crippen LogP) is 3.27. The van der Waals surface area contributed by atoms with Crippen LogP contribution in [-0.2, 0) is 0 Å². The summed E-state index contributed by atoms with van der Waals surface area (Å²) >= 11 is 0. The van der Waals surface area contributed by atoms with Crippen LogP contribution in [-0.4, -0.2) is 45.0 Å². The smallest absolute Gasteiger partial charge is 0.192 e. The van der Waals surface area contributed by atoms with Crippen LogP contribution in [0.15, 0.2) is 28.7 Å². The Morgan fingerprint density at radius 2 is 2.04 bits per heavy atom. The van der Waals surface area contributed by atoms with Crippen LogP contribution in [0, 0.1) is 6.92 Å². The molecule has 1 aromatic carbocycles. The maximum Gasteiger partial charge on any atom is 0.192 e. The van der Waals surface area contributed by atoms with Gasteiger partial charge < -0.3 is 19.7 Å². The van der Waals surface area contributed by atoms with Gasteiger partial charge in [-0.25, -0.2) is 4.98 Å². The van der Waals surface area contributed by atoms with Crippen LogP contribution in [0.25, 0.3) is 22.4 Å². The maximum absolute atomic E-state index is 10.3. The molecule has 1 aliphatic heterocycles. The average molecular weight is 367 g/mol. The molecule has 0 unspecified atom stereocenters. The van der Waals surface area contributed by atoms with E-state index in [1.54, 1.807) is 19.1 Å². The Labute approximate surface area is 158 Å². The topological polar surface area (TPSA) is 87.3 Å². The van der Waals surface area contributed by atoms with Crippen LogP contribution in [0.1, 0.15) is 33.1 Å². The minimum Gasteiger partial charge on any atom is -0.507 e. The summed E-state index contributed by atoms with van der Waals surface area (Å²) in [5.74, 6) is 1.54. The molecule has 27 heavy (non-hydrogen) atoms. The molecule has 0 spiro atoms. The summed E-state index contributed by atoms with van der Waals surface area (Å²) in [6.45, 7) is 10.2. The predicted molar refractivity (Wildman–Crippen MR) is 105 cm³/mol. The van der Waals surface area contributed by atoms with Gasteiger partial charge in [0.15, 0.2) is 17.3 Å². The summed E-state index contributed by atoms with van der Waals surface area (Å²) < 4.78 is 5.56. The molecule has 0 saturated carbocycles. The Balaban J connectivity index is 1.54.